The predicted molar refractivity (Wildman–Crippen MR) is 147 cm³/mol. The van der Waals surface area contributed by atoms with E-state index in [2.05, 4.69) is 5.32 Å². The Balaban J connectivity index is 2.05. The molecule has 0 bridgehead atoms. The number of hydrogen-bond acceptors (Lipinski definition) is 4. The van der Waals surface area contributed by atoms with Gasteiger partial charge in [-0.15, -0.1) is 0 Å². The van der Waals surface area contributed by atoms with Crippen molar-refractivity contribution in [1.29, 1.82) is 0 Å². The molecule has 0 unspecified atom stereocenters. The van der Waals surface area contributed by atoms with Crippen molar-refractivity contribution in [3.63, 3.8) is 0 Å². The maximum absolute atomic E-state index is 13.8. The number of hydrogen-bond donors (Lipinski definition) is 1. The van der Waals surface area contributed by atoms with E-state index in [4.69, 9.17) is 11.6 Å². The quantitative estimate of drug-likeness (QED) is 0.403. The third kappa shape index (κ3) is 6.90. The van der Waals surface area contributed by atoms with Crippen LogP contribution in [0.2, 0.25) is 5.02 Å². The van der Waals surface area contributed by atoms with Gasteiger partial charge in [-0.05, 0) is 69.2 Å². The first kappa shape index (κ1) is 28.2. The number of nitrogens with one attached hydrogen (secondary N) is 1. The molecule has 3 aromatic carbocycles. The molecule has 7 nitrogen and oxygen atoms in total. The zero-order valence-corrected chi connectivity index (χ0v) is 23.0. The van der Waals surface area contributed by atoms with Crippen molar-refractivity contribution >= 4 is 39.1 Å². The van der Waals surface area contributed by atoms with Crippen LogP contribution in [0.3, 0.4) is 0 Å². The highest BCUT2D eigenvalue weighted by Gasteiger charge is 2.33. The first-order valence-electron chi connectivity index (χ1n) is 12.0. The Morgan fingerprint density at radius 3 is 2.30 bits per heavy atom. The lowest BCUT2D eigenvalue weighted by molar-refractivity contribution is -0.139. The summed E-state index contributed by atoms with van der Waals surface area (Å²) in [7, 11) is -4.09. The summed E-state index contributed by atoms with van der Waals surface area (Å²) in [6.07, 6.45) is 0. The number of amides is 2. The maximum atomic E-state index is 13.8. The molecule has 0 aliphatic rings. The second-order valence-corrected chi connectivity index (χ2v) is 11.1. The number of nitrogens with zero attached hydrogens (tertiary/aromatic N) is 2. The molecule has 0 aliphatic heterocycles. The van der Waals surface area contributed by atoms with Crippen molar-refractivity contribution in [2.24, 2.45) is 0 Å². The summed E-state index contributed by atoms with van der Waals surface area (Å²) in [5, 5.41) is 3.24. The third-order valence-electron chi connectivity index (χ3n) is 5.99. The maximum Gasteiger partial charge on any atom is 0.264 e. The molecule has 0 aliphatic carbocycles. The Bertz CT molecular complexity index is 1360. The van der Waals surface area contributed by atoms with Crippen molar-refractivity contribution in [2.75, 3.05) is 17.4 Å². The van der Waals surface area contributed by atoms with Crippen LogP contribution in [0.15, 0.2) is 77.7 Å². The lowest BCUT2D eigenvalue weighted by atomic mass is 10.1. The van der Waals surface area contributed by atoms with Crippen molar-refractivity contribution in [3.05, 3.63) is 94.5 Å². The van der Waals surface area contributed by atoms with Crippen LogP contribution in [0.5, 0.6) is 0 Å². The molecule has 1 N–H and O–H groups in total. The molecule has 37 heavy (non-hydrogen) atoms. The molecule has 0 spiro atoms. The van der Waals surface area contributed by atoms with E-state index in [0.29, 0.717) is 22.8 Å². The van der Waals surface area contributed by atoms with Crippen molar-refractivity contribution in [1.82, 2.24) is 10.2 Å². The van der Waals surface area contributed by atoms with Crippen LogP contribution in [0.1, 0.15) is 30.5 Å². The number of rotatable bonds is 10. The Morgan fingerprint density at radius 1 is 0.973 bits per heavy atom. The molecule has 0 saturated heterocycles. The fraction of sp³-hybridized carbons (Fsp3) is 0.286. The Kier molecular flexibility index (Phi) is 9.34. The van der Waals surface area contributed by atoms with Crippen LogP contribution in [0.25, 0.3) is 0 Å². The van der Waals surface area contributed by atoms with Crippen molar-refractivity contribution in [2.45, 2.75) is 45.2 Å². The minimum Gasteiger partial charge on any atom is -0.355 e. The lowest BCUT2D eigenvalue weighted by Crippen LogP contribution is -2.51. The minimum absolute atomic E-state index is 0.0703. The highest BCUT2D eigenvalue weighted by Crippen LogP contribution is 2.28. The predicted octanol–water partition coefficient (Wildman–Crippen LogP) is 4.71. The van der Waals surface area contributed by atoms with Gasteiger partial charge >= 0.3 is 0 Å². The van der Waals surface area contributed by atoms with Gasteiger partial charge in [0.05, 0.1) is 10.6 Å². The normalized spacial score (nSPS) is 12.0. The molecule has 0 aromatic heterocycles. The highest BCUT2D eigenvalue weighted by atomic mass is 35.5. The zero-order valence-electron chi connectivity index (χ0n) is 21.4. The number of carbonyl (C=O) groups excluding carboxylic acids is 2. The smallest absolute Gasteiger partial charge is 0.264 e. The van der Waals surface area contributed by atoms with Gasteiger partial charge in [-0.1, -0.05) is 59.6 Å². The van der Waals surface area contributed by atoms with Gasteiger partial charge in [0, 0.05) is 18.1 Å². The molecule has 0 fully saturated rings. The van der Waals surface area contributed by atoms with Crippen LogP contribution in [0.4, 0.5) is 5.69 Å². The average molecular weight is 542 g/mol. The number of anilines is 1. The molecule has 2 amide bonds. The first-order valence-corrected chi connectivity index (χ1v) is 13.8. The summed E-state index contributed by atoms with van der Waals surface area (Å²) in [4.78, 5) is 28.0. The number of aryl methyl sites for hydroxylation is 2. The van der Waals surface area contributed by atoms with Crippen LogP contribution in [-0.2, 0) is 26.2 Å². The summed E-state index contributed by atoms with van der Waals surface area (Å²) in [6.45, 7) is 7.15. The average Bonchev–Trinajstić information content (AvgIpc) is 2.86. The molecule has 0 radical (unpaired) electrons. The van der Waals surface area contributed by atoms with Gasteiger partial charge in [-0.3, -0.25) is 13.9 Å². The topological polar surface area (TPSA) is 86.8 Å². The summed E-state index contributed by atoms with van der Waals surface area (Å²) in [6, 6.07) is 19.5. The van der Waals surface area contributed by atoms with Crippen LogP contribution >= 0.6 is 11.6 Å². The number of halogens is 1. The Morgan fingerprint density at radius 2 is 1.68 bits per heavy atom. The molecule has 9 heteroatoms. The number of carbonyl (C=O) groups is 2. The summed E-state index contributed by atoms with van der Waals surface area (Å²) in [5.74, 6) is -0.847. The van der Waals surface area contributed by atoms with Gasteiger partial charge in [-0.25, -0.2) is 8.42 Å². The third-order valence-corrected chi connectivity index (χ3v) is 8.00. The van der Waals surface area contributed by atoms with E-state index in [9.17, 15) is 18.0 Å². The zero-order chi connectivity index (χ0) is 27.2. The van der Waals surface area contributed by atoms with E-state index in [1.54, 1.807) is 75.4 Å². The number of sulfonamides is 1. The molecule has 3 aromatic rings. The molecule has 0 heterocycles. The summed E-state index contributed by atoms with van der Waals surface area (Å²) in [5.41, 5.74) is 2.81. The minimum atomic E-state index is -4.09. The molecule has 196 valence electrons. The van der Waals surface area contributed by atoms with Crippen LogP contribution in [-0.4, -0.2) is 44.3 Å². The SMILES string of the molecule is CCNC(=O)[C@@H](C)N(Cc1cccc(Cl)c1)C(=O)CN(c1ccc(C)cc1C)S(=O)(=O)c1ccccc1. The second kappa shape index (κ2) is 12.3. The van der Waals surface area contributed by atoms with E-state index >= 15 is 0 Å². The highest BCUT2D eigenvalue weighted by molar-refractivity contribution is 7.92. The Hall–Kier alpha value is -3.36. The fourth-order valence-electron chi connectivity index (χ4n) is 4.05. The number of benzene rings is 3. The van der Waals surface area contributed by atoms with Gasteiger partial charge in [-0.2, -0.15) is 0 Å². The van der Waals surface area contributed by atoms with E-state index in [1.807, 2.05) is 13.0 Å². The van der Waals surface area contributed by atoms with E-state index < -0.39 is 28.5 Å². The molecular weight excluding hydrogens is 510 g/mol. The van der Waals surface area contributed by atoms with Gasteiger partial charge in [0.1, 0.15) is 12.6 Å². The van der Waals surface area contributed by atoms with Crippen molar-refractivity contribution in [3.8, 4) is 0 Å². The van der Waals surface area contributed by atoms with E-state index in [0.717, 1.165) is 15.4 Å². The number of likely N-dealkylation sites (N-methyl/N-ethyl adjacent to an activating group) is 1. The fourth-order valence-corrected chi connectivity index (χ4v) is 5.77. The molecule has 3 rings (SSSR count). The molecule has 1 atom stereocenters. The van der Waals surface area contributed by atoms with Gasteiger partial charge < -0.3 is 10.2 Å². The van der Waals surface area contributed by atoms with Gasteiger partial charge in [0.25, 0.3) is 10.0 Å². The van der Waals surface area contributed by atoms with E-state index in [1.165, 1.54) is 17.0 Å². The molecular formula is C28H32ClN3O4S. The standard InChI is InChI=1S/C28H32ClN3O4S/c1-5-30-28(34)22(4)31(18-23-10-9-11-24(29)17-23)27(33)19-32(26-15-14-20(2)16-21(26)3)37(35,36)25-12-7-6-8-13-25/h6-17,22H,5,18-19H2,1-4H3,(H,30,34)/t22-/m1/s1. The van der Waals surface area contributed by atoms with E-state index in [-0.39, 0.29) is 17.3 Å². The van der Waals surface area contributed by atoms with Crippen LogP contribution in [0, 0.1) is 13.8 Å². The lowest BCUT2D eigenvalue weighted by Gasteiger charge is -2.32. The summed E-state index contributed by atoms with van der Waals surface area (Å²) >= 11 is 6.15. The van der Waals surface area contributed by atoms with Gasteiger partial charge in [0.15, 0.2) is 0 Å². The van der Waals surface area contributed by atoms with Crippen LogP contribution < -0.4 is 9.62 Å². The monoisotopic (exact) mass is 541 g/mol. The first-order chi connectivity index (χ1) is 17.5. The molecule has 0 saturated carbocycles. The Labute approximate surface area is 224 Å². The largest absolute Gasteiger partial charge is 0.355 e. The van der Waals surface area contributed by atoms with Crippen molar-refractivity contribution < 1.29 is 18.0 Å². The summed E-state index contributed by atoms with van der Waals surface area (Å²) < 4.78 is 28.7. The van der Waals surface area contributed by atoms with Gasteiger partial charge in [0.2, 0.25) is 11.8 Å². The second-order valence-electron chi connectivity index (χ2n) is 8.84.